The van der Waals surface area contributed by atoms with Crippen molar-refractivity contribution in [2.45, 2.75) is 26.9 Å². The van der Waals surface area contributed by atoms with Gasteiger partial charge in [0.15, 0.2) is 0 Å². The number of nitrogens with one attached hydrogen (secondary N) is 2. The maximum absolute atomic E-state index is 13.7. The van der Waals surface area contributed by atoms with Crippen LogP contribution in [0.4, 0.5) is 16.2 Å². The fraction of sp³-hybridized carbons (Fsp3) is 0.200. The summed E-state index contributed by atoms with van der Waals surface area (Å²) in [6.07, 6.45) is 0. The van der Waals surface area contributed by atoms with Crippen LogP contribution in [0.2, 0.25) is 0 Å². The average Bonchev–Trinajstić information content (AvgIpc) is 2.60. The van der Waals surface area contributed by atoms with Crippen LogP contribution in [0.3, 0.4) is 0 Å². The fourth-order valence-electron chi connectivity index (χ4n) is 2.55. The highest BCUT2D eigenvalue weighted by Gasteiger charge is 2.05. The SMILES string of the molecule is Cc1cc(NCc2ccccc2C)nc(NCc2ccccc2F)n1. The molecule has 4 nitrogen and oxygen atoms in total. The Hall–Kier alpha value is -2.95. The number of anilines is 2. The number of nitrogens with zero attached hydrogens (tertiary/aromatic N) is 2. The minimum Gasteiger partial charge on any atom is -0.366 e. The molecule has 25 heavy (non-hydrogen) atoms. The van der Waals surface area contributed by atoms with Crippen LogP contribution in [-0.4, -0.2) is 9.97 Å². The van der Waals surface area contributed by atoms with E-state index in [-0.39, 0.29) is 5.82 Å². The second-order valence-electron chi connectivity index (χ2n) is 5.94. The molecule has 128 valence electrons. The van der Waals surface area contributed by atoms with Crippen molar-refractivity contribution in [2.24, 2.45) is 0 Å². The molecule has 0 aliphatic rings. The van der Waals surface area contributed by atoms with Crippen molar-refractivity contribution in [2.75, 3.05) is 10.6 Å². The van der Waals surface area contributed by atoms with Crippen molar-refractivity contribution in [3.63, 3.8) is 0 Å². The first-order valence-corrected chi connectivity index (χ1v) is 8.23. The number of halogens is 1. The van der Waals surface area contributed by atoms with E-state index < -0.39 is 0 Å². The summed E-state index contributed by atoms with van der Waals surface area (Å²) in [5.74, 6) is 0.989. The van der Waals surface area contributed by atoms with E-state index >= 15 is 0 Å². The van der Waals surface area contributed by atoms with E-state index in [9.17, 15) is 4.39 Å². The van der Waals surface area contributed by atoms with Gasteiger partial charge in [-0.15, -0.1) is 0 Å². The van der Waals surface area contributed by atoms with Gasteiger partial charge in [0.05, 0.1) is 0 Å². The summed E-state index contributed by atoms with van der Waals surface area (Å²) in [6.45, 7) is 5.03. The second-order valence-corrected chi connectivity index (χ2v) is 5.94. The Morgan fingerprint density at radius 3 is 2.28 bits per heavy atom. The molecule has 0 radical (unpaired) electrons. The molecule has 0 aliphatic carbocycles. The van der Waals surface area contributed by atoms with Crippen molar-refractivity contribution >= 4 is 11.8 Å². The Morgan fingerprint density at radius 1 is 0.840 bits per heavy atom. The largest absolute Gasteiger partial charge is 0.366 e. The summed E-state index contributed by atoms with van der Waals surface area (Å²) < 4.78 is 13.7. The van der Waals surface area contributed by atoms with E-state index in [1.807, 2.05) is 31.2 Å². The number of aromatic nitrogens is 2. The van der Waals surface area contributed by atoms with Gasteiger partial charge < -0.3 is 10.6 Å². The van der Waals surface area contributed by atoms with Gasteiger partial charge in [0.2, 0.25) is 5.95 Å². The van der Waals surface area contributed by atoms with Gasteiger partial charge in [-0.05, 0) is 31.0 Å². The van der Waals surface area contributed by atoms with Crippen LogP contribution in [0.25, 0.3) is 0 Å². The minimum atomic E-state index is -0.236. The first-order valence-electron chi connectivity index (χ1n) is 8.23. The van der Waals surface area contributed by atoms with Crippen molar-refractivity contribution in [3.05, 3.63) is 82.8 Å². The van der Waals surface area contributed by atoms with Crippen LogP contribution in [0, 0.1) is 19.7 Å². The third-order valence-corrected chi connectivity index (χ3v) is 3.97. The fourth-order valence-corrected chi connectivity index (χ4v) is 2.55. The van der Waals surface area contributed by atoms with Gasteiger partial charge in [-0.3, -0.25) is 0 Å². The molecule has 0 bridgehead atoms. The lowest BCUT2D eigenvalue weighted by Crippen LogP contribution is -2.09. The lowest BCUT2D eigenvalue weighted by molar-refractivity contribution is 0.612. The van der Waals surface area contributed by atoms with E-state index in [4.69, 9.17) is 0 Å². The molecule has 1 heterocycles. The molecule has 0 spiro atoms. The Kier molecular flexibility index (Phi) is 5.23. The van der Waals surface area contributed by atoms with Crippen molar-refractivity contribution in [1.82, 2.24) is 9.97 Å². The predicted octanol–water partition coefficient (Wildman–Crippen LogP) is 4.46. The van der Waals surface area contributed by atoms with Gasteiger partial charge >= 0.3 is 0 Å². The molecule has 1 aromatic heterocycles. The van der Waals surface area contributed by atoms with Gasteiger partial charge in [-0.25, -0.2) is 9.37 Å². The molecular weight excluding hydrogens is 315 g/mol. The van der Waals surface area contributed by atoms with Crippen LogP contribution >= 0.6 is 0 Å². The number of hydrogen-bond donors (Lipinski definition) is 2. The zero-order chi connectivity index (χ0) is 17.6. The molecule has 3 aromatic rings. The molecule has 0 amide bonds. The maximum Gasteiger partial charge on any atom is 0.225 e. The number of aryl methyl sites for hydroxylation is 2. The van der Waals surface area contributed by atoms with Gasteiger partial charge in [0.1, 0.15) is 11.6 Å². The Labute approximate surface area is 147 Å². The summed E-state index contributed by atoms with van der Waals surface area (Å²) >= 11 is 0. The van der Waals surface area contributed by atoms with E-state index in [1.54, 1.807) is 12.1 Å². The third-order valence-electron chi connectivity index (χ3n) is 3.97. The quantitative estimate of drug-likeness (QED) is 0.698. The molecular formula is C20H21FN4. The van der Waals surface area contributed by atoms with Gasteiger partial charge in [0.25, 0.3) is 0 Å². The third kappa shape index (κ3) is 4.53. The van der Waals surface area contributed by atoms with Crippen LogP contribution in [0.5, 0.6) is 0 Å². The lowest BCUT2D eigenvalue weighted by Gasteiger charge is -2.11. The van der Waals surface area contributed by atoms with Gasteiger partial charge in [-0.1, -0.05) is 42.5 Å². The number of rotatable bonds is 6. The molecule has 2 aromatic carbocycles. The normalized spacial score (nSPS) is 10.5. The van der Waals surface area contributed by atoms with Crippen LogP contribution < -0.4 is 10.6 Å². The monoisotopic (exact) mass is 336 g/mol. The summed E-state index contributed by atoms with van der Waals surface area (Å²) in [5.41, 5.74) is 3.89. The van der Waals surface area contributed by atoms with Gasteiger partial charge in [-0.2, -0.15) is 4.98 Å². The van der Waals surface area contributed by atoms with E-state index in [2.05, 4.69) is 39.7 Å². The molecule has 3 rings (SSSR count). The van der Waals surface area contributed by atoms with Crippen LogP contribution in [-0.2, 0) is 13.1 Å². The highest BCUT2D eigenvalue weighted by Crippen LogP contribution is 2.14. The Balaban J connectivity index is 1.68. The average molecular weight is 336 g/mol. The topological polar surface area (TPSA) is 49.8 Å². The molecule has 0 saturated heterocycles. The van der Waals surface area contributed by atoms with Gasteiger partial charge in [0, 0.05) is 30.4 Å². The van der Waals surface area contributed by atoms with Crippen molar-refractivity contribution in [3.8, 4) is 0 Å². The highest BCUT2D eigenvalue weighted by atomic mass is 19.1. The Morgan fingerprint density at radius 2 is 1.52 bits per heavy atom. The minimum absolute atomic E-state index is 0.236. The molecule has 0 atom stereocenters. The molecule has 0 unspecified atom stereocenters. The van der Waals surface area contributed by atoms with Crippen LogP contribution in [0.1, 0.15) is 22.4 Å². The molecule has 2 N–H and O–H groups in total. The van der Waals surface area contributed by atoms with Crippen LogP contribution in [0.15, 0.2) is 54.6 Å². The maximum atomic E-state index is 13.7. The zero-order valence-corrected chi connectivity index (χ0v) is 14.4. The van der Waals surface area contributed by atoms with Crippen molar-refractivity contribution < 1.29 is 4.39 Å². The van der Waals surface area contributed by atoms with E-state index in [1.165, 1.54) is 17.2 Å². The summed E-state index contributed by atoms with van der Waals surface area (Å²) in [4.78, 5) is 8.83. The molecule has 5 heteroatoms. The Bertz CT molecular complexity index is 796. The van der Waals surface area contributed by atoms with E-state index in [0.29, 0.717) is 24.6 Å². The summed E-state index contributed by atoms with van der Waals surface area (Å²) in [7, 11) is 0. The number of hydrogen-bond acceptors (Lipinski definition) is 4. The number of benzene rings is 2. The first kappa shape index (κ1) is 16.9. The molecule has 0 saturated carbocycles. The second kappa shape index (κ2) is 7.75. The zero-order valence-electron chi connectivity index (χ0n) is 14.4. The first-order chi connectivity index (χ1) is 12.1. The lowest BCUT2D eigenvalue weighted by atomic mass is 10.1. The highest BCUT2D eigenvalue weighted by molar-refractivity contribution is 5.43. The standard InChI is InChI=1S/C20H21FN4/c1-14-7-3-4-8-16(14)12-22-19-11-15(2)24-20(25-19)23-13-17-9-5-6-10-18(17)21/h3-11H,12-13H2,1-2H3,(H2,22,23,24,25). The molecule has 0 aliphatic heterocycles. The summed E-state index contributed by atoms with van der Waals surface area (Å²) in [6, 6.07) is 16.8. The summed E-state index contributed by atoms with van der Waals surface area (Å²) in [5, 5.41) is 6.42. The van der Waals surface area contributed by atoms with E-state index in [0.717, 1.165) is 11.5 Å². The predicted molar refractivity (Wildman–Crippen MR) is 99.0 cm³/mol. The molecule has 0 fully saturated rings. The smallest absolute Gasteiger partial charge is 0.225 e. The van der Waals surface area contributed by atoms with Crippen molar-refractivity contribution in [1.29, 1.82) is 0 Å².